The molecule has 0 aromatic heterocycles. The van der Waals surface area contributed by atoms with Gasteiger partial charge in [0.15, 0.2) is 0 Å². The van der Waals surface area contributed by atoms with Crippen LogP contribution in [0, 0.1) is 17.0 Å². The van der Waals surface area contributed by atoms with E-state index in [-0.39, 0.29) is 23.6 Å². The zero-order chi connectivity index (χ0) is 11.6. The third-order valence-electron chi connectivity index (χ3n) is 2.12. The largest absolute Gasteiger partial charge is 0.393 e. The minimum absolute atomic E-state index is 0.0304. The van der Waals surface area contributed by atoms with Crippen LogP contribution in [0.15, 0.2) is 12.1 Å². The molecule has 1 aromatic carbocycles. The van der Waals surface area contributed by atoms with Gasteiger partial charge in [0.25, 0.3) is 5.69 Å². The summed E-state index contributed by atoms with van der Waals surface area (Å²) in [4.78, 5) is 21.0. The number of nitrogens with two attached hydrogens (primary N) is 1. The maximum Gasteiger partial charge on any atom is 0.292 e. The third kappa shape index (κ3) is 2.52. The molecule has 0 atom stereocenters. The molecule has 0 aliphatic heterocycles. The number of nitro benzene ring substituents is 1. The first kappa shape index (κ1) is 11.2. The van der Waals surface area contributed by atoms with Crippen LogP contribution in [0.4, 0.5) is 11.4 Å². The number of Topliss-reactive ketones (excluding diaryl/α,β-unsaturated/α-hetero) is 1. The lowest BCUT2D eigenvalue weighted by atomic mass is 10.0. The van der Waals surface area contributed by atoms with Gasteiger partial charge < -0.3 is 5.73 Å². The molecule has 0 aliphatic carbocycles. The van der Waals surface area contributed by atoms with Crippen molar-refractivity contribution in [1.82, 2.24) is 0 Å². The zero-order valence-corrected chi connectivity index (χ0v) is 8.61. The highest BCUT2D eigenvalue weighted by Crippen LogP contribution is 2.25. The number of benzene rings is 1. The molecule has 1 rings (SSSR count). The van der Waals surface area contributed by atoms with E-state index < -0.39 is 4.92 Å². The van der Waals surface area contributed by atoms with Gasteiger partial charge in [0.2, 0.25) is 0 Å². The lowest BCUT2D eigenvalue weighted by Gasteiger charge is -2.05. The van der Waals surface area contributed by atoms with Crippen molar-refractivity contribution in [2.75, 3.05) is 5.73 Å². The lowest BCUT2D eigenvalue weighted by Crippen LogP contribution is -2.03. The predicted molar refractivity (Wildman–Crippen MR) is 56.6 cm³/mol. The number of carbonyl (C=O) groups is 1. The fourth-order valence-corrected chi connectivity index (χ4v) is 1.38. The molecule has 0 bridgehead atoms. The Bertz CT molecular complexity index is 427. The maximum absolute atomic E-state index is 10.9. The molecule has 0 spiro atoms. The first-order chi connectivity index (χ1) is 6.91. The lowest BCUT2D eigenvalue weighted by molar-refractivity contribution is -0.384. The van der Waals surface area contributed by atoms with E-state index in [1.165, 1.54) is 19.1 Å². The molecule has 80 valence electrons. The number of carbonyl (C=O) groups excluding carboxylic acids is 1. The van der Waals surface area contributed by atoms with Gasteiger partial charge in [-0.05, 0) is 31.0 Å². The molecular formula is C10H12N2O3. The number of nitrogens with zero attached hydrogens (tertiary/aromatic N) is 1. The fourth-order valence-electron chi connectivity index (χ4n) is 1.38. The van der Waals surface area contributed by atoms with Crippen LogP contribution in [0.5, 0.6) is 0 Å². The number of hydrogen-bond donors (Lipinski definition) is 1. The molecule has 0 saturated carbocycles. The van der Waals surface area contributed by atoms with Crippen molar-refractivity contribution in [2.45, 2.75) is 20.3 Å². The third-order valence-corrected chi connectivity index (χ3v) is 2.12. The average Bonchev–Trinajstić information content (AvgIpc) is 2.08. The molecule has 15 heavy (non-hydrogen) atoms. The number of aryl methyl sites for hydroxylation is 1. The fraction of sp³-hybridized carbons (Fsp3) is 0.300. The molecule has 0 saturated heterocycles. The van der Waals surface area contributed by atoms with Crippen LogP contribution < -0.4 is 5.73 Å². The van der Waals surface area contributed by atoms with Crippen molar-refractivity contribution in [1.29, 1.82) is 0 Å². The molecule has 0 radical (unpaired) electrons. The van der Waals surface area contributed by atoms with E-state index in [0.29, 0.717) is 5.56 Å². The number of hydrogen-bond acceptors (Lipinski definition) is 4. The smallest absolute Gasteiger partial charge is 0.292 e. The van der Waals surface area contributed by atoms with Crippen molar-refractivity contribution >= 4 is 17.2 Å². The van der Waals surface area contributed by atoms with Crippen LogP contribution in [-0.4, -0.2) is 10.7 Å². The van der Waals surface area contributed by atoms with Crippen molar-refractivity contribution < 1.29 is 9.72 Å². The highest BCUT2D eigenvalue weighted by molar-refractivity contribution is 5.79. The van der Waals surface area contributed by atoms with Crippen molar-refractivity contribution in [2.24, 2.45) is 0 Å². The Morgan fingerprint density at radius 1 is 1.53 bits per heavy atom. The number of rotatable bonds is 3. The van der Waals surface area contributed by atoms with Crippen LogP contribution in [0.3, 0.4) is 0 Å². The normalized spacial score (nSPS) is 10.0. The summed E-state index contributed by atoms with van der Waals surface area (Å²) in [5, 5.41) is 10.6. The van der Waals surface area contributed by atoms with Gasteiger partial charge in [-0.15, -0.1) is 0 Å². The number of anilines is 1. The molecule has 0 heterocycles. The SMILES string of the molecule is CC(=O)Cc1cc([N+](=O)[O-])c(N)cc1C. The predicted octanol–water partition coefficient (Wildman–Crippen LogP) is 1.62. The van der Waals surface area contributed by atoms with E-state index in [1.807, 2.05) is 0 Å². The van der Waals surface area contributed by atoms with E-state index in [9.17, 15) is 14.9 Å². The first-order valence-electron chi connectivity index (χ1n) is 4.44. The maximum atomic E-state index is 10.9. The quantitative estimate of drug-likeness (QED) is 0.464. The van der Waals surface area contributed by atoms with Gasteiger partial charge >= 0.3 is 0 Å². The van der Waals surface area contributed by atoms with Gasteiger partial charge in [-0.1, -0.05) is 0 Å². The van der Waals surface area contributed by atoms with Crippen molar-refractivity contribution in [3.05, 3.63) is 33.4 Å². The number of nitrogen functional groups attached to an aromatic ring is 1. The molecule has 0 unspecified atom stereocenters. The van der Waals surface area contributed by atoms with Gasteiger partial charge in [-0.3, -0.25) is 14.9 Å². The zero-order valence-electron chi connectivity index (χ0n) is 8.61. The summed E-state index contributed by atoms with van der Waals surface area (Å²) in [5.74, 6) is -0.0304. The number of nitro groups is 1. The molecule has 0 amide bonds. The van der Waals surface area contributed by atoms with E-state index in [2.05, 4.69) is 0 Å². The van der Waals surface area contributed by atoms with Crippen LogP contribution in [0.1, 0.15) is 18.1 Å². The summed E-state index contributed by atoms with van der Waals surface area (Å²) in [6.45, 7) is 3.22. The molecule has 0 fully saturated rings. The second-order valence-electron chi connectivity index (χ2n) is 3.47. The van der Waals surface area contributed by atoms with Crippen LogP contribution in [-0.2, 0) is 11.2 Å². The second-order valence-corrected chi connectivity index (χ2v) is 3.47. The molecule has 0 aliphatic rings. The highest BCUT2D eigenvalue weighted by Gasteiger charge is 2.14. The van der Waals surface area contributed by atoms with E-state index >= 15 is 0 Å². The van der Waals surface area contributed by atoms with Crippen molar-refractivity contribution in [3.63, 3.8) is 0 Å². The standard InChI is InChI=1S/C10H12N2O3/c1-6-3-9(11)10(12(14)15)5-8(6)4-7(2)13/h3,5H,4,11H2,1-2H3. The van der Waals surface area contributed by atoms with E-state index in [0.717, 1.165) is 5.56 Å². The highest BCUT2D eigenvalue weighted by atomic mass is 16.6. The van der Waals surface area contributed by atoms with Gasteiger partial charge in [0.05, 0.1) is 4.92 Å². The minimum Gasteiger partial charge on any atom is -0.393 e. The van der Waals surface area contributed by atoms with E-state index in [4.69, 9.17) is 5.73 Å². The Hall–Kier alpha value is -1.91. The molecule has 5 heteroatoms. The summed E-state index contributed by atoms with van der Waals surface area (Å²) in [7, 11) is 0. The average molecular weight is 208 g/mol. The summed E-state index contributed by atoms with van der Waals surface area (Å²) in [6, 6.07) is 2.89. The monoisotopic (exact) mass is 208 g/mol. The van der Waals surface area contributed by atoms with Gasteiger partial charge in [0, 0.05) is 12.5 Å². The van der Waals surface area contributed by atoms with Gasteiger partial charge in [0.1, 0.15) is 11.5 Å². The number of ketones is 1. The van der Waals surface area contributed by atoms with Gasteiger partial charge in [-0.2, -0.15) is 0 Å². The topological polar surface area (TPSA) is 86.2 Å². The van der Waals surface area contributed by atoms with E-state index in [1.54, 1.807) is 6.92 Å². The van der Waals surface area contributed by atoms with Gasteiger partial charge in [-0.25, -0.2) is 0 Å². The summed E-state index contributed by atoms with van der Waals surface area (Å²) >= 11 is 0. The Kier molecular flexibility index (Phi) is 3.04. The Labute approximate surface area is 87.0 Å². The molecular weight excluding hydrogens is 196 g/mol. The minimum atomic E-state index is -0.543. The second kappa shape index (κ2) is 4.08. The summed E-state index contributed by atoms with van der Waals surface area (Å²) in [5.41, 5.74) is 6.94. The Morgan fingerprint density at radius 3 is 2.60 bits per heavy atom. The molecule has 2 N–H and O–H groups in total. The van der Waals surface area contributed by atoms with Crippen LogP contribution >= 0.6 is 0 Å². The molecule has 1 aromatic rings. The Balaban J connectivity index is 3.23. The summed E-state index contributed by atoms with van der Waals surface area (Å²) < 4.78 is 0. The molecule has 5 nitrogen and oxygen atoms in total. The van der Waals surface area contributed by atoms with Crippen LogP contribution in [0.25, 0.3) is 0 Å². The summed E-state index contributed by atoms with van der Waals surface area (Å²) in [6.07, 6.45) is 0.201. The first-order valence-corrected chi connectivity index (χ1v) is 4.44. The van der Waals surface area contributed by atoms with Crippen LogP contribution in [0.2, 0.25) is 0 Å². The van der Waals surface area contributed by atoms with Crippen molar-refractivity contribution in [3.8, 4) is 0 Å². The Morgan fingerprint density at radius 2 is 2.13 bits per heavy atom.